The van der Waals surface area contributed by atoms with Crippen LogP contribution in [0.25, 0.3) is 11.3 Å². The first-order valence-corrected chi connectivity index (χ1v) is 7.28. The van der Waals surface area contributed by atoms with Crippen molar-refractivity contribution < 1.29 is 9.84 Å². The van der Waals surface area contributed by atoms with Gasteiger partial charge in [-0.1, -0.05) is 19.1 Å². The highest BCUT2D eigenvalue weighted by molar-refractivity contribution is 5.67. The lowest BCUT2D eigenvalue weighted by atomic mass is 10.1. The third-order valence-corrected chi connectivity index (χ3v) is 3.36. The zero-order valence-corrected chi connectivity index (χ0v) is 12.5. The number of rotatable bonds is 6. The van der Waals surface area contributed by atoms with Crippen LogP contribution in [0, 0.1) is 0 Å². The van der Waals surface area contributed by atoms with Crippen molar-refractivity contribution in [1.82, 2.24) is 4.57 Å². The first-order valence-electron chi connectivity index (χ1n) is 7.28. The van der Waals surface area contributed by atoms with Crippen molar-refractivity contribution in [2.75, 3.05) is 6.61 Å². The molecule has 2 aromatic rings. The molecule has 1 heterocycles. The zero-order chi connectivity index (χ0) is 15.2. The number of para-hydroxylation sites is 1. The van der Waals surface area contributed by atoms with E-state index >= 15 is 0 Å². The van der Waals surface area contributed by atoms with Gasteiger partial charge >= 0.3 is 0 Å². The highest BCUT2D eigenvalue weighted by Gasteiger charge is 2.12. The Morgan fingerprint density at radius 2 is 1.90 bits per heavy atom. The lowest BCUT2D eigenvalue weighted by Gasteiger charge is -2.16. The molecule has 0 amide bonds. The van der Waals surface area contributed by atoms with E-state index in [4.69, 9.17) is 4.74 Å². The van der Waals surface area contributed by atoms with Gasteiger partial charge in [-0.25, -0.2) is 0 Å². The first kappa shape index (κ1) is 15.3. The molecule has 0 saturated carbocycles. The van der Waals surface area contributed by atoms with Crippen LogP contribution in [0.3, 0.4) is 0 Å². The molecule has 0 atom stereocenters. The Morgan fingerprint density at radius 3 is 2.57 bits per heavy atom. The van der Waals surface area contributed by atoms with E-state index in [0.29, 0.717) is 18.7 Å². The minimum absolute atomic E-state index is 0.150. The topological polar surface area (TPSA) is 51.5 Å². The summed E-state index contributed by atoms with van der Waals surface area (Å²) in [5.74, 6) is 0.776. The normalized spacial score (nSPS) is 10.6. The van der Waals surface area contributed by atoms with Gasteiger partial charge in [-0.2, -0.15) is 0 Å². The summed E-state index contributed by atoms with van der Waals surface area (Å²) in [6.45, 7) is 4.92. The average Bonchev–Trinajstić information content (AvgIpc) is 2.53. The van der Waals surface area contributed by atoms with Gasteiger partial charge in [0.15, 0.2) is 0 Å². The number of nitrogens with zero attached hydrogens (tertiary/aromatic N) is 1. The van der Waals surface area contributed by atoms with Gasteiger partial charge in [-0.3, -0.25) is 4.79 Å². The lowest BCUT2D eigenvalue weighted by Crippen LogP contribution is -2.24. The van der Waals surface area contributed by atoms with E-state index < -0.39 is 0 Å². The molecule has 0 bridgehead atoms. The maximum atomic E-state index is 12.3. The van der Waals surface area contributed by atoms with Gasteiger partial charge in [0.2, 0.25) is 0 Å². The number of ether oxygens (including phenoxy) is 1. The van der Waals surface area contributed by atoms with Crippen molar-refractivity contribution in [2.45, 2.75) is 33.4 Å². The third kappa shape index (κ3) is 3.16. The largest absolute Gasteiger partial charge is 0.493 e. The van der Waals surface area contributed by atoms with E-state index in [1.165, 1.54) is 0 Å². The van der Waals surface area contributed by atoms with Crippen LogP contribution in [0.5, 0.6) is 5.75 Å². The minimum Gasteiger partial charge on any atom is -0.493 e. The second-order valence-electron chi connectivity index (χ2n) is 4.80. The highest BCUT2D eigenvalue weighted by atomic mass is 16.5. The standard InChI is InChI=1S/C17H21NO3/c1-3-11-21-16-8-6-5-7-14(16)15-10-9-13(12-19)17(20)18(15)4-2/h5-10,19H,3-4,11-12H2,1-2H3. The van der Waals surface area contributed by atoms with Gasteiger partial charge in [0.1, 0.15) is 5.75 Å². The van der Waals surface area contributed by atoms with Crippen LogP contribution in [0.2, 0.25) is 0 Å². The van der Waals surface area contributed by atoms with E-state index in [1.54, 1.807) is 10.6 Å². The van der Waals surface area contributed by atoms with Crippen molar-refractivity contribution in [3.05, 3.63) is 52.3 Å². The smallest absolute Gasteiger partial charge is 0.256 e. The SMILES string of the molecule is CCCOc1ccccc1-c1ccc(CO)c(=O)n1CC. The molecular formula is C17H21NO3. The van der Waals surface area contributed by atoms with Gasteiger partial charge in [-0.05, 0) is 37.6 Å². The average molecular weight is 287 g/mol. The molecule has 1 aromatic heterocycles. The Labute approximate surface area is 124 Å². The third-order valence-electron chi connectivity index (χ3n) is 3.36. The molecule has 0 aliphatic rings. The van der Waals surface area contributed by atoms with Gasteiger partial charge in [-0.15, -0.1) is 0 Å². The molecule has 4 nitrogen and oxygen atoms in total. The molecule has 0 aliphatic heterocycles. The van der Waals surface area contributed by atoms with Crippen molar-refractivity contribution in [1.29, 1.82) is 0 Å². The molecule has 112 valence electrons. The summed E-state index contributed by atoms with van der Waals surface area (Å²) >= 11 is 0. The van der Waals surface area contributed by atoms with Crippen molar-refractivity contribution in [3.63, 3.8) is 0 Å². The Bertz CT molecular complexity index is 661. The maximum Gasteiger partial charge on any atom is 0.256 e. The van der Waals surface area contributed by atoms with E-state index in [1.807, 2.05) is 37.3 Å². The van der Waals surface area contributed by atoms with Crippen LogP contribution in [0.1, 0.15) is 25.8 Å². The summed E-state index contributed by atoms with van der Waals surface area (Å²) in [7, 11) is 0. The molecule has 4 heteroatoms. The van der Waals surface area contributed by atoms with Gasteiger partial charge in [0.05, 0.1) is 18.9 Å². The summed E-state index contributed by atoms with van der Waals surface area (Å²) < 4.78 is 7.44. The molecule has 0 spiro atoms. The maximum absolute atomic E-state index is 12.3. The Balaban J connectivity index is 2.57. The second kappa shape index (κ2) is 7.09. The lowest BCUT2D eigenvalue weighted by molar-refractivity contribution is 0.279. The van der Waals surface area contributed by atoms with Crippen LogP contribution >= 0.6 is 0 Å². The molecule has 0 fully saturated rings. The Morgan fingerprint density at radius 1 is 1.14 bits per heavy atom. The number of aliphatic hydroxyl groups excluding tert-OH is 1. The fourth-order valence-corrected chi connectivity index (χ4v) is 2.31. The predicted molar refractivity (Wildman–Crippen MR) is 83.5 cm³/mol. The highest BCUT2D eigenvalue weighted by Crippen LogP contribution is 2.29. The number of aromatic nitrogens is 1. The van der Waals surface area contributed by atoms with Crippen LogP contribution in [-0.4, -0.2) is 16.3 Å². The van der Waals surface area contributed by atoms with E-state index in [0.717, 1.165) is 23.4 Å². The summed E-state index contributed by atoms with van der Waals surface area (Å²) in [5.41, 5.74) is 1.97. The molecule has 0 radical (unpaired) electrons. The number of hydrogen-bond donors (Lipinski definition) is 1. The molecule has 2 rings (SSSR count). The van der Waals surface area contributed by atoms with Gasteiger partial charge < -0.3 is 14.4 Å². The molecular weight excluding hydrogens is 266 g/mol. The fourth-order valence-electron chi connectivity index (χ4n) is 2.31. The van der Waals surface area contributed by atoms with E-state index in [-0.39, 0.29) is 12.2 Å². The Hall–Kier alpha value is -2.07. The van der Waals surface area contributed by atoms with Crippen molar-refractivity contribution in [2.24, 2.45) is 0 Å². The fraction of sp³-hybridized carbons (Fsp3) is 0.353. The van der Waals surface area contributed by atoms with E-state index in [9.17, 15) is 9.90 Å². The number of hydrogen-bond acceptors (Lipinski definition) is 3. The molecule has 0 saturated heterocycles. The van der Waals surface area contributed by atoms with Crippen LogP contribution < -0.4 is 10.3 Å². The second-order valence-corrected chi connectivity index (χ2v) is 4.80. The number of aliphatic hydroxyl groups is 1. The van der Waals surface area contributed by atoms with Crippen molar-refractivity contribution >= 4 is 0 Å². The summed E-state index contributed by atoms with van der Waals surface area (Å²) in [6.07, 6.45) is 0.929. The number of benzene rings is 1. The summed E-state index contributed by atoms with van der Waals surface area (Å²) in [4.78, 5) is 12.3. The predicted octanol–water partition coefficient (Wildman–Crippen LogP) is 2.82. The zero-order valence-electron chi connectivity index (χ0n) is 12.5. The molecule has 1 aromatic carbocycles. The van der Waals surface area contributed by atoms with Crippen molar-refractivity contribution in [3.8, 4) is 17.0 Å². The minimum atomic E-state index is -0.243. The molecule has 1 N–H and O–H groups in total. The molecule has 0 unspecified atom stereocenters. The van der Waals surface area contributed by atoms with Crippen LogP contribution in [0.4, 0.5) is 0 Å². The van der Waals surface area contributed by atoms with Gasteiger partial charge in [0, 0.05) is 17.7 Å². The number of pyridine rings is 1. The molecule has 0 aliphatic carbocycles. The van der Waals surface area contributed by atoms with Crippen LogP contribution in [0.15, 0.2) is 41.2 Å². The van der Waals surface area contributed by atoms with Gasteiger partial charge in [0.25, 0.3) is 5.56 Å². The monoisotopic (exact) mass is 287 g/mol. The quantitative estimate of drug-likeness (QED) is 0.889. The summed E-state index contributed by atoms with van der Waals surface area (Å²) in [6, 6.07) is 11.3. The summed E-state index contributed by atoms with van der Waals surface area (Å²) in [5, 5.41) is 9.23. The first-order chi connectivity index (χ1) is 10.2. The van der Waals surface area contributed by atoms with Crippen LogP contribution in [-0.2, 0) is 13.2 Å². The Kier molecular flexibility index (Phi) is 5.17. The van der Waals surface area contributed by atoms with E-state index in [2.05, 4.69) is 6.92 Å². The molecule has 21 heavy (non-hydrogen) atoms.